The van der Waals surface area contributed by atoms with Crippen LogP contribution in [0.2, 0.25) is 0 Å². The van der Waals surface area contributed by atoms with E-state index in [1.807, 2.05) is 0 Å². The van der Waals surface area contributed by atoms with E-state index in [1.165, 1.54) is 0 Å². The largest absolute Gasteiger partial charge is 0.446 e. The fourth-order valence-corrected chi connectivity index (χ4v) is 1.33. The Labute approximate surface area is 97.4 Å². The molecule has 0 saturated carbocycles. The molecule has 1 N–H and O–H groups in total. The summed E-state index contributed by atoms with van der Waals surface area (Å²) in [7, 11) is 1.69. The number of ether oxygens (including phenoxy) is 1. The highest BCUT2D eigenvalue weighted by Crippen LogP contribution is 2.06. The maximum absolute atomic E-state index is 5.57. The van der Waals surface area contributed by atoms with E-state index in [9.17, 15) is 0 Å². The molecule has 0 aliphatic heterocycles. The molecular weight excluding hydrogens is 204 g/mol. The number of methoxy groups -OCH3 is 1. The molecule has 1 rings (SSSR count). The molecule has 0 spiro atoms. The molecule has 4 nitrogen and oxygen atoms in total. The van der Waals surface area contributed by atoms with Crippen molar-refractivity contribution in [1.82, 2.24) is 10.3 Å². The normalized spacial score (nSPS) is 12.0. The van der Waals surface area contributed by atoms with Gasteiger partial charge in [0.15, 0.2) is 5.89 Å². The highest BCUT2D eigenvalue weighted by atomic mass is 16.5. The lowest BCUT2D eigenvalue weighted by molar-refractivity contribution is 0.196. The Morgan fingerprint density at radius 3 is 2.75 bits per heavy atom. The van der Waals surface area contributed by atoms with Crippen molar-refractivity contribution in [2.75, 3.05) is 20.3 Å². The second-order valence-corrected chi connectivity index (χ2v) is 4.89. The Balaban J connectivity index is 2.29. The zero-order valence-electron chi connectivity index (χ0n) is 10.7. The molecule has 16 heavy (non-hydrogen) atoms. The standard InChI is InChI=1S/C12H22N2O2/c1-12(2,3)14-7-5-11-13-9-10(16-11)6-8-15-4/h9,14H,5-8H2,1-4H3. The number of rotatable bonds is 6. The molecule has 4 heteroatoms. The summed E-state index contributed by atoms with van der Waals surface area (Å²) in [4.78, 5) is 4.23. The van der Waals surface area contributed by atoms with E-state index in [0.29, 0.717) is 6.61 Å². The van der Waals surface area contributed by atoms with E-state index in [-0.39, 0.29) is 5.54 Å². The van der Waals surface area contributed by atoms with E-state index < -0.39 is 0 Å². The van der Waals surface area contributed by atoms with Crippen molar-refractivity contribution in [2.45, 2.75) is 39.2 Å². The van der Waals surface area contributed by atoms with Crippen molar-refractivity contribution >= 4 is 0 Å². The molecule has 1 aromatic rings. The van der Waals surface area contributed by atoms with Crippen LogP contribution >= 0.6 is 0 Å². The van der Waals surface area contributed by atoms with Gasteiger partial charge in [0.25, 0.3) is 0 Å². The molecule has 0 unspecified atom stereocenters. The summed E-state index contributed by atoms with van der Waals surface area (Å²) < 4.78 is 10.6. The minimum absolute atomic E-state index is 0.144. The predicted octanol–water partition coefficient (Wildman–Crippen LogP) is 1.79. The second-order valence-electron chi connectivity index (χ2n) is 4.89. The first kappa shape index (κ1) is 13.2. The molecule has 0 aliphatic carbocycles. The van der Waals surface area contributed by atoms with Crippen LogP contribution in [0.3, 0.4) is 0 Å². The smallest absolute Gasteiger partial charge is 0.195 e. The summed E-state index contributed by atoms with van der Waals surface area (Å²) in [6.45, 7) is 7.99. The monoisotopic (exact) mass is 226 g/mol. The third kappa shape index (κ3) is 5.28. The van der Waals surface area contributed by atoms with Gasteiger partial charge in [-0.25, -0.2) is 4.98 Å². The third-order valence-electron chi connectivity index (χ3n) is 2.15. The lowest BCUT2D eigenvalue weighted by Crippen LogP contribution is -2.37. The van der Waals surface area contributed by atoms with E-state index in [0.717, 1.165) is 31.0 Å². The molecule has 1 heterocycles. The number of hydrogen-bond acceptors (Lipinski definition) is 4. The fourth-order valence-electron chi connectivity index (χ4n) is 1.33. The molecule has 92 valence electrons. The summed E-state index contributed by atoms with van der Waals surface area (Å²) in [5.74, 6) is 1.69. The van der Waals surface area contributed by atoms with Crippen LogP contribution in [0.5, 0.6) is 0 Å². The average Bonchev–Trinajstić information content (AvgIpc) is 2.61. The van der Waals surface area contributed by atoms with Gasteiger partial charge in [-0.1, -0.05) is 0 Å². The van der Waals surface area contributed by atoms with Crippen LogP contribution < -0.4 is 5.32 Å². The highest BCUT2D eigenvalue weighted by Gasteiger charge is 2.09. The van der Waals surface area contributed by atoms with Crippen LogP contribution in [-0.2, 0) is 17.6 Å². The van der Waals surface area contributed by atoms with Crippen molar-refractivity contribution in [3.63, 3.8) is 0 Å². The molecule has 0 atom stereocenters. The first-order valence-corrected chi connectivity index (χ1v) is 5.69. The van der Waals surface area contributed by atoms with Gasteiger partial charge in [0.1, 0.15) is 5.76 Å². The summed E-state index contributed by atoms with van der Waals surface area (Å²) in [5, 5.41) is 3.40. The van der Waals surface area contributed by atoms with Crippen LogP contribution in [0.15, 0.2) is 10.6 Å². The maximum Gasteiger partial charge on any atom is 0.195 e. The molecular formula is C12H22N2O2. The third-order valence-corrected chi connectivity index (χ3v) is 2.15. The second kappa shape index (κ2) is 6.01. The number of aromatic nitrogens is 1. The maximum atomic E-state index is 5.57. The number of nitrogens with one attached hydrogen (secondary N) is 1. The molecule has 0 aromatic carbocycles. The van der Waals surface area contributed by atoms with Crippen LogP contribution in [0.4, 0.5) is 0 Å². The fraction of sp³-hybridized carbons (Fsp3) is 0.750. The highest BCUT2D eigenvalue weighted by molar-refractivity contribution is 4.95. The Bertz CT molecular complexity index is 302. The van der Waals surface area contributed by atoms with Gasteiger partial charge < -0.3 is 14.5 Å². The summed E-state index contributed by atoms with van der Waals surface area (Å²) in [6.07, 6.45) is 3.39. The van der Waals surface area contributed by atoms with Crippen molar-refractivity contribution in [3.05, 3.63) is 17.8 Å². The lowest BCUT2D eigenvalue weighted by atomic mass is 10.1. The van der Waals surface area contributed by atoms with E-state index in [2.05, 4.69) is 31.1 Å². The quantitative estimate of drug-likeness (QED) is 0.803. The number of nitrogens with zero attached hydrogens (tertiary/aromatic N) is 1. The van der Waals surface area contributed by atoms with Gasteiger partial charge in [0.05, 0.1) is 12.8 Å². The minimum Gasteiger partial charge on any atom is -0.446 e. The minimum atomic E-state index is 0.144. The molecule has 0 aliphatic rings. The zero-order chi connectivity index (χ0) is 12.0. The predicted molar refractivity (Wildman–Crippen MR) is 63.5 cm³/mol. The lowest BCUT2D eigenvalue weighted by Gasteiger charge is -2.19. The Hall–Kier alpha value is -0.870. The first-order valence-electron chi connectivity index (χ1n) is 5.69. The van der Waals surface area contributed by atoms with Gasteiger partial charge in [-0.15, -0.1) is 0 Å². The van der Waals surface area contributed by atoms with Gasteiger partial charge in [-0.2, -0.15) is 0 Å². The molecule has 0 fully saturated rings. The number of hydrogen-bond donors (Lipinski definition) is 1. The Kier molecular flexibility index (Phi) is 4.96. The first-order chi connectivity index (χ1) is 7.51. The molecule has 0 saturated heterocycles. The van der Waals surface area contributed by atoms with Crippen LogP contribution in [0.25, 0.3) is 0 Å². The van der Waals surface area contributed by atoms with Crippen LogP contribution in [-0.4, -0.2) is 30.8 Å². The van der Waals surface area contributed by atoms with Crippen molar-refractivity contribution in [1.29, 1.82) is 0 Å². The van der Waals surface area contributed by atoms with Crippen LogP contribution in [0.1, 0.15) is 32.4 Å². The SMILES string of the molecule is COCCc1cnc(CCNC(C)(C)C)o1. The Morgan fingerprint density at radius 2 is 2.12 bits per heavy atom. The zero-order valence-corrected chi connectivity index (χ0v) is 10.7. The van der Waals surface area contributed by atoms with Crippen molar-refractivity contribution in [2.24, 2.45) is 0 Å². The topological polar surface area (TPSA) is 47.3 Å². The van der Waals surface area contributed by atoms with Crippen molar-refractivity contribution < 1.29 is 9.15 Å². The van der Waals surface area contributed by atoms with Gasteiger partial charge in [0.2, 0.25) is 0 Å². The van der Waals surface area contributed by atoms with Gasteiger partial charge in [-0.05, 0) is 20.8 Å². The summed E-state index contributed by atoms with van der Waals surface area (Å²) in [5.41, 5.74) is 0.144. The van der Waals surface area contributed by atoms with Crippen molar-refractivity contribution in [3.8, 4) is 0 Å². The molecule has 0 radical (unpaired) electrons. The average molecular weight is 226 g/mol. The molecule has 0 bridgehead atoms. The van der Waals surface area contributed by atoms with E-state index in [1.54, 1.807) is 13.3 Å². The van der Waals surface area contributed by atoms with Crippen LogP contribution in [0, 0.1) is 0 Å². The number of oxazole rings is 1. The summed E-state index contributed by atoms with van der Waals surface area (Å²) in [6, 6.07) is 0. The molecule has 1 aromatic heterocycles. The van der Waals surface area contributed by atoms with Gasteiger partial charge in [-0.3, -0.25) is 0 Å². The van der Waals surface area contributed by atoms with E-state index >= 15 is 0 Å². The summed E-state index contributed by atoms with van der Waals surface area (Å²) >= 11 is 0. The van der Waals surface area contributed by atoms with Gasteiger partial charge in [0, 0.05) is 32.0 Å². The molecule has 0 amide bonds. The Morgan fingerprint density at radius 1 is 1.38 bits per heavy atom. The van der Waals surface area contributed by atoms with E-state index in [4.69, 9.17) is 9.15 Å². The van der Waals surface area contributed by atoms with Gasteiger partial charge >= 0.3 is 0 Å².